The molecule has 0 bridgehead atoms. The number of phenols is 1. The average molecular weight is 511 g/mol. The molecule has 1 aromatic rings. The number of halogens is 2. The smallest absolute Gasteiger partial charge is 0.127 e. The zero-order valence-corrected chi connectivity index (χ0v) is 23.4. The molecule has 2 aliphatic rings. The molecule has 34 heavy (non-hydrogen) atoms. The van der Waals surface area contributed by atoms with E-state index in [4.69, 9.17) is 27.9 Å². The Kier molecular flexibility index (Phi) is 9.68. The summed E-state index contributed by atoms with van der Waals surface area (Å²) < 4.78 is 6.61. The normalized spacial score (nSPS) is 21.6. The van der Waals surface area contributed by atoms with Gasteiger partial charge in [0.1, 0.15) is 17.1 Å². The molecule has 3 nitrogen and oxygen atoms in total. The lowest BCUT2D eigenvalue weighted by Gasteiger charge is -2.47. The van der Waals surface area contributed by atoms with Crippen LogP contribution in [-0.2, 0) is 5.41 Å². The minimum absolute atomic E-state index is 0.00581. The van der Waals surface area contributed by atoms with Crippen molar-refractivity contribution in [3.63, 3.8) is 0 Å². The van der Waals surface area contributed by atoms with Gasteiger partial charge in [0.25, 0.3) is 0 Å². The molecule has 1 aliphatic heterocycles. The molecule has 0 radical (unpaired) electrons. The summed E-state index contributed by atoms with van der Waals surface area (Å²) in [5.74, 6) is 3.10. The molecule has 5 heteroatoms. The molecular formula is C29H45Cl2NO2. The maximum Gasteiger partial charge on any atom is 0.127 e. The molecule has 0 fully saturated rings. The third-order valence-corrected chi connectivity index (χ3v) is 8.39. The van der Waals surface area contributed by atoms with Crippen LogP contribution in [0.2, 0.25) is 0 Å². The minimum atomic E-state index is -0.276. The van der Waals surface area contributed by atoms with E-state index in [2.05, 4.69) is 51.7 Å². The van der Waals surface area contributed by atoms with Crippen molar-refractivity contribution in [2.45, 2.75) is 96.5 Å². The fourth-order valence-corrected chi connectivity index (χ4v) is 6.40. The Balaban J connectivity index is 1.87. The Morgan fingerprint density at radius 2 is 1.82 bits per heavy atom. The second-order valence-electron chi connectivity index (χ2n) is 11.5. The molecule has 1 aliphatic carbocycles. The second kappa shape index (κ2) is 11.9. The van der Waals surface area contributed by atoms with Crippen molar-refractivity contribution in [3.8, 4) is 11.5 Å². The Morgan fingerprint density at radius 3 is 2.47 bits per heavy atom. The van der Waals surface area contributed by atoms with Crippen LogP contribution in [-0.4, -0.2) is 47.0 Å². The van der Waals surface area contributed by atoms with E-state index in [0.717, 1.165) is 50.2 Å². The van der Waals surface area contributed by atoms with E-state index in [0.29, 0.717) is 23.4 Å². The number of alkyl halides is 2. The Hall–Kier alpha value is -0.900. The Labute approximate surface area is 217 Å². The van der Waals surface area contributed by atoms with Crippen LogP contribution in [0.4, 0.5) is 0 Å². The molecule has 1 N–H and O–H groups in total. The van der Waals surface area contributed by atoms with Crippen LogP contribution >= 0.6 is 23.2 Å². The number of benzene rings is 1. The zero-order valence-electron chi connectivity index (χ0n) is 21.9. The highest BCUT2D eigenvalue weighted by atomic mass is 35.5. The maximum absolute atomic E-state index is 11.3. The molecule has 0 saturated heterocycles. The predicted molar refractivity (Wildman–Crippen MR) is 146 cm³/mol. The first-order chi connectivity index (χ1) is 16.1. The van der Waals surface area contributed by atoms with E-state index in [-0.39, 0.29) is 16.9 Å². The van der Waals surface area contributed by atoms with E-state index in [9.17, 15) is 5.11 Å². The van der Waals surface area contributed by atoms with E-state index in [1.165, 1.54) is 36.8 Å². The predicted octanol–water partition coefficient (Wildman–Crippen LogP) is 8.01. The molecule has 3 rings (SSSR count). The molecule has 0 saturated carbocycles. The third-order valence-electron chi connectivity index (χ3n) is 8.05. The summed E-state index contributed by atoms with van der Waals surface area (Å²) in [6, 6.07) is 4.24. The van der Waals surface area contributed by atoms with Crippen LogP contribution in [0.1, 0.15) is 96.6 Å². The summed E-state index contributed by atoms with van der Waals surface area (Å²) in [6.07, 6.45) is 10.4. The first kappa shape index (κ1) is 27.7. The summed E-state index contributed by atoms with van der Waals surface area (Å²) >= 11 is 12.1. The van der Waals surface area contributed by atoms with Crippen molar-refractivity contribution < 1.29 is 9.84 Å². The molecule has 2 atom stereocenters. The van der Waals surface area contributed by atoms with E-state index >= 15 is 0 Å². The third kappa shape index (κ3) is 6.45. The molecular weight excluding hydrogens is 465 g/mol. The zero-order chi connectivity index (χ0) is 24.9. The van der Waals surface area contributed by atoms with Crippen LogP contribution in [0.5, 0.6) is 11.5 Å². The lowest BCUT2D eigenvalue weighted by Crippen LogP contribution is -2.46. The molecule has 0 spiro atoms. The van der Waals surface area contributed by atoms with Gasteiger partial charge in [0.15, 0.2) is 0 Å². The van der Waals surface area contributed by atoms with Crippen molar-refractivity contribution in [1.29, 1.82) is 0 Å². The van der Waals surface area contributed by atoms with Gasteiger partial charge in [-0.25, -0.2) is 0 Å². The highest BCUT2D eigenvalue weighted by Crippen LogP contribution is 2.55. The number of phenolic OH excluding ortho intramolecular Hbond substituents is 1. The number of nitrogens with zero attached hydrogens (tertiary/aromatic N) is 1. The van der Waals surface area contributed by atoms with Gasteiger partial charge in [-0.05, 0) is 56.2 Å². The summed E-state index contributed by atoms with van der Waals surface area (Å²) in [4.78, 5) is 2.33. The highest BCUT2D eigenvalue weighted by Gasteiger charge is 2.46. The first-order valence-corrected chi connectivity index (χ1v) is 14.3. The SMILES string of the molecule is CCCCCCC(C)(C)c1cc(O)c2c(c1)OC(C)(C)[C@@H]1CC=C(CN(CCCl)CCCl)C[C@@H]21. The first-order valence-electron chi connectivity index (χ1n) is 13.2. The number of aromatic hydroxyl groups is 1. The van der Waals surface area contributed by atoms with Gasteiger partial charge in [0.05, 0.1) is 0 Å². The number of fused-ring (bicyclic) bond motifs is 3. The van der Waals surface area contributed by atoms with Crippen LogP contribution < -0.4 is 4.74 Å². The summed E-state index contributed by atoms with van der Waals surface area (Å²) in [5.41, 5.74) is 3.33. The minimum Gasteiger partial charge on any atom is -0.508 e. The number of hydrogen-bond donors (Lipinski definition) is 1. The maximum atomic E-state index is 11.3. The van der Waals surface area contributed by atoms with E-state index < -0.39 is 0 Å². The molecule has 0 aromatic heterocycles. The largest absolute Gasteiger partial charge is 0.508 e. The number of ether oxygens (including phenoxy) is 1. The van der Waals surface area contributed by atoms with Crippen molar-refractivity contribution in [3.05, 3.63) is 34.9 Å². The Morgan fingerprint density at radius 1 is 1.12 bits per heavy atom. The van der Waals surface area contributed by atoms with E-state index in [1.54, 1.807) is 0 Å². The van der Waals surface area contributed by atoms with Gasteiger partial charge >= 0.3 is 0 Å². The van der Waals surface area contributed by atoms with Crippen molar-refractivity contribution in [2.75, 3.05) is 31.4 Å². The van der Waals surface area contributed by atoms with Gasteiger partial charge in [-0.2, -0.15) is 0 Å². The molecule has 1 aromatic carbocycles. The van der Waals surface area contributed by atoms with Gasteiger partial charge in [-0.3, -0.25) is 4.90 Å². The van der Waals surface area contributed by atoms with Crippen molar-refractivity contribution in [1.82, 2.24) is 4.90 Å². The lowest BCUT2D eigenvalue weighted by molar-refractivity contribution is 0.00690. The fourth-order valence-electron chi connectivity index (χ4n) is 5.92. The van der Waals surface area contributed by atoms with Gasteiger partial charge in [0.2, 0.25) is 0 Å². The summed E-state index contributed by atoms with van der Waals surface area (Å²) in [5, 5.41) is 11.3. The average Bonchev–Trinajstić information content (AvgIpc) is 2.76. The molecule has 0 unspecified atom stereocenters. The molecule has 0 amide bonds. The number of unbranched alkanes of at least 4 members (excludes halogenated alkanes) is 3. The monoisotopic (exact) mass is 509 g/mol. The second-order valence-corrected chi connectivity index (χ2v) is 12.2. The Bertz CT molecular complexity index is 843. The van der Waals surface area contributed by atoms with Gasteiger partial charge in [0, 0.05) is 48.8 Å². The standard InChI is InChI=1S/C29H45Cl2NO2/c1-6-7-8-9-12-28(2,3)22-18-25(33)27-23-17-21(20-32(15-13-30)16-14-31)10-11-24(23)29(4,5)34-26(27)19-22/h10,18-19,23-24,33H,6-9,11-17,20H2,1-5H3/t23-,24-/m1/s1. The summed E-state index contributed by atoms with van der Waals surface area (Å²) in [6.45, 7) is 13.8. The van der Waals surface area contributed by atoms with Crippen LogP contribution in [0.15, 0.2) is 23.8 Å². The number of allylic oxidation sites excluding steroid dienone is 1. The molecule has 1 heterocycles. The highest BCUT2D eigenvalue weighted by molar-refractivity contribution is 6.18. The van der Waals surface area contributed by atoms with Crippen molar-refractivity contribution in [2.24, 2.45) is 5.92 Å². The van der Waals surface area contributed by atoms with Gasteiger partial charge < -0.3 is 9.84 Å². The van der Waals surface area contributed by atoms with Crippen LogP contribution in [0.25, 0.3) is 0 Å². The lowest BCUT2D eigenvalue weighted by atomic mass is 9.66. The topological polar surface area (TPSA) is 32.7 Å². The number of hydrogen-bond acceptors (Lipinski definition) is 3. The van der Waals surface area contributed by atoms with Crippen molar-refractivity contribution >= 4 is 23.2 Å². The fraction of sp³-hybridized carbons (Fsp3) is 0.724. The van der Waals surface area contributed by atoms with Crippen LogP contribution in [0, 0.1) is 5.92 Å². The van der Waals surface area contributed by atoms with Gasteiger partial charge in [-0.1, -0.05) is 58.1 Å². The number of rotatable bonds is 12. The summed E-state index contributed by atoms with van der Waals surface area (Å²) in [7, 11) is 0. The van der Waals surface area contributed by atoms with Crippen LogP contribution in [0.3, 0.4) is 0 Å². The van der Waals surface area contributed by atoms with Gasteiger partial charge in [-0.15, -0.1) is 23.2 Å². The van der Waals surface area contributed by atoms with E-state index in [1.807, 2.05) is 6.07 Å². The molecule has 192 valence electrons. The quantitative estimate of drug-likeness (QED) is 0.176.